The van der Waals surface area contributed by atoms with E-state index in [0.29, 0.717) is 0 Å². The predicted molar refractivity (Wildman–Crippen MR) is 81.1 cm³/mol. The van der Waals surface area contributed by atoms with Gasteiger partial charge < -0.3 is 11.1 Å². The van der Waals surface area contributed by atoms with Gasteiger partial charge in [-0.3, -0.25) is 4.79 Å². The van der Waals surface area contributed by atoms with E-state index in [1.165, 1.54) is 5.56 Å². The lowest BCUT2D eigenvalue weighted by Crippen LogP contribution is -2.35. The van der Waals surface area contributed by atoms with E-state index in [1.54, 1.807) is 0 Å². The Kier molecular flexibility index (Phi) is 4.53. The maximum atomic E-state index is 12.2. The summed E-state index contributed by atoms with van der Waals surface area (Å²) in [5.41, 5.74) is 9.06. The Morgan fingerprint density at radius 3 is 2.35 bits per heavy atom. The van der Waals surface area contributed by atoms with Gasteiger partial charge in [0.1, 0.15) is 6.04 Å². The Labute approximate surface area is 119 Å². The molecule has 0 aliphatic heterocycles. The average Bonchev–Trinajstić information content (AvgIpc) is 2.47. The van der Waals surface area contributed by atoms with E-state index >= 15 is 0 Å². The molecule has 0 aliphatic rings. The van der Waals surface area contributed by atoms with Crippen molar-refractivity contribution in [1.82, 2.24) is 5.32 Å². The quantitative estimate of drug-likeness (QED) is 0.896. The van der Waals surface area contributed by atoms with Gasteiger partial charge in [-0.25, -0.2) is 0 Å². The van der Waals surface area contributed by atoms with E-state index < -0.39 is 6.04 Å². The smallest absolute Gasteiger partial charge is 0.241 e. The molecule has 0 heterocycles. The number of benzene rings is 2. The summed E-state index contributed by atoms with van der Waals surface area (Å²) in [5, 5.41) is 2.96. The van der Waals surface area contributed by atoms with Crippen molar-refractivity contribution in [1.29, 1.82) is 0 Å². The molecule has 104 valence electrons. The SMILES string of the molecule is Cc1cccc([C@H](C)NC(=O)C(N)c2ccccc2)c1. The van der Waals surface area contributed by atoms with Gasteiger partial charge in [-0.05, 0) is 25.0 Å². The molecule has 0 aliphatic carbocycles. The summed E-state index contributed by atoms with van der Waals surface area (Å²) in [5.74, 6) is -0.162. The summed E-state index contributed by atoms with van der Waals surface area (Å²) in [6.07, 6.45) is 0. The van der Waals surface area contributed by atoms with Gasteiger partial charge >= 0.3 is 0 Å². The number of amides is 1. The van der Waals surface area contributed by atoms with Crippen molar-refractivity contribution >= 4 is 5.91 Å². The third kappa shape index (κ3) is 3.45. The predicted octanol–water partition coefficient (Wildman–Crippen LogP) is 2.87. The summed E-state index contributed by atoms with van der Waals surface area (Å²) < 4.78 is 0. The van der Waals surface area contributed by atoms with Crippen LogP contribution in [0.1, 0.15) is 35.7 Å². The van der Waals surface area contributed by atoms with Crippen molar-refractivity contribution in [2.75, 3.05) is 0 Å². The van der Waals surface area contributed by atoms with Crippen LogP contribution < -0.4 is 11.1 Å². The number of nitrogens with two attached hydrogens (primary N) is 1. The van der Waals surface area contributed by atoms with Gasteiger partial charge in [-0.15, -0.1) is 0 Å². The Balaban J connectivity index is 2.04. The third-order valence-electron chi connectivity index (χ3n) is 3.34. The largest absolute Gasteiger partial charge is 0.348 e. The maximum Gasteiger partial charge on any atom is 0.241 e. The molecular formula is C17H20N2O. The normalized spacial score (nSPS) is 13.6. The lowest BCUT2D eigenvalue weighted by molar-refractivity contribution is -0.123. The van der Waals surface area contributed by atoms with Crippen LogP contribution in [0.3, 0.4) is 0 Å². The molecule has 0 aromatic heterocycles. The summed E-state index contributed by atoms with van der Waals surface area (Å²) in [4.78, 5) is 12.2. The number of hydrogen-bond donors (Lipinski definition) is 2. The van der Waals surface area contributed by atoms with E-state index in [-0.39, 0.29) is 11.9 Å². The number of nitrogens with one attached hydrogen (secondary N) is 1. The van der Waals surface area contributed by atoms with Crippen molar-refractivity contribution in [3.63, 3.8) is 0 Å². The molecule has 20 heavy (non-hydrogen) atoms. The lowest BCUT2D eigenvalue weighted by atomic mass is 10.0. The first-order valence-corrected chi connectivity index (χ1v) is 6.75. The molecule has 0 bridgehead atoms. The molecule has 2 rings (SSSR count). The summed E-state index contributed by atoms with van der Waals surface area (Å²) in [7, 11) is 0. The van der Waals surface area contributed by atoms with Crippen LogP contribution in [0.25, 0.3) is 0 Å². The molecule has 1 unspecified atom stereocenters. The van der Waals surface area contributed by atoms with Crippen LogP contribution in [0.5, 0.6) is 0 Å². The minimum atomic E-state index is -0.636. The zero-order valence-corrected chi connectivity index (χ0v) is 11.8. The number of hydrogen-bond acceptors (Lipinski definition) is 2. The zero-order valence-electron chi connectivity index (χ0n) is 11.8. The highest BCUT2D eigenvalue weighted by atomic mass is 16.2. The highest BCUT2D eigenvalue weighted by molar-refractivity contribution is 5.83. The number of carbonyl (C=O) groups excluding carboxylic acids is 1. The molecular weight excluding hydrogens is 248 g/mol. The van der Waals surface area contributed by atoms with Crippen molar-refractivity contribution in [3.05, 3.63) is 71.3 Å². The molecule has 3 nitrogen and oxygen atoms in total. The van der Waals surface area contributed by atoms with Gasteiger partial charge in [0.25, 0.3) is 0 Å². The molecule has 0 spiro atoms. The fourth-order valence-electron chi connectivity index (χ4n) is 2.14. The van der Waals surface area contributed by atoms with Crippen molar-refractivity contribution < 1.29 is 4.79 Å². The van der Waals surface area contributed by atoms with Crippen LogP contribution in [0.15, 0.2) is 54.6 Å². The van der Waals surface area contributed by atoms with Crippen LogP contribution in [-0.4, -0.2) is 5.91 Å². The second-order valence-electron chi connectivity index (χ2n) is 5.03. The number of aryl methyl sites for hydroxylation is 1. The van der Waals surface area contributed by atoms with Crippen molar-refractivity contribution in [2.24, 2.45) is 5.73 Å². The number of carbonyl (C=O) groups is 1. The van der Waals surface area contributed by atoms with Gasteiger partial charge in [-0.2, -0.15) is 0 Å². The van der Waals surface area contributed by atoms with Gasteiger partial charge in [-0.1, -0.05) is 60.2 Å². The van der Waals surface area contributed by atoms with Crippen LogP contribution >= 0.6 is 0 Å². The fourth-order valence-corrected chi connectivity index (χ4v) is 2.14. The minimum absolute atomic E-state index is 0.0582. The Morgan fingerprint density at radius 2 is 1.70 bits per heavy atom. The standard InChI is InChI=1S/C17H20N2O/c1-12-7-6-10-15(11-12)13(2)19-17(20)16(18)14-8-4-3-5-9-14/h3-11,13,16H,18H2,1-2H3,(H,19,20)/t13-,16?/m0/s1. The summed E-state index contributed by atoms with van der Waals surface area (Å²) in [6, 6.07) is 16.8. The molecule has 0 saturated carbocycles. The van der Waals surface area contributed by atoms with E-state index in [4.69, 9.17) is 5.73 Å². The zero-order chi connectivity index (χ0) is 14.5. The third-order valence-corrected chi connectivity index (χ3v) is 3.34. The maximum absolute atomic E-state index is 12.2. The van der Waals surface area contributed by atoms with Crippen LogP contribution in [0.4, 0.5) is 0 Å². The summed E-state index contributed by atoms with van der Waals surface area (Å²) >= 11 is 0. The average molecular weight is 268 g/mol. The van der Waals surface area contributed by atoms with E-state index in [0.717, 1.165) is 11.1 Å². The highest BCUT2D eigenvalue weighted by Gasteiger charge is 2.18. The van der Waals surface area contributed by atoms with Gasteiger partial charge in [0, 0.05) is 0 Å². The first kappa shape index (κ1) is 14.3. The Bertz CT molecular complexity index is 581. The first-order valence-electron chi connectivity index (χ1n) is 6.75. The molecule has 3 N–H and O–H groups in total. The highest BCUT2D eigenvalue weighted by Crippen LogP contribution is 2.16. The lowest BCUT2D eigenvalue weighted by Gasteiger charge is -2.18. The molecule has 3 heteroatoms. The van der Waals surface area contributed by atoms with Crippen LogP contribution in [0.2, 0.25) is 0 Å². The fraction of sp³-hybridized carbons (Fsp3) is 0.235. The molecule has 2 aromatic rings. The van der Waals surface area contributed by atoms with Gasteiger partial charge in [0.15, 0.2) is 0 Å². The van der Waals surface area contributed by atoms with E-state index in [2.05, 4.69) is 11.4 Å². The van der Waals surface area contributed by atoms with E-state index in [1.807, 2.05) is 62.4 Å². The minimum Gasteiger partial charge on any atom is -0.348 e. The van der Waals surface area contributed by atoms with Crippen LogP contribution in [-0.2, 0) is 4.79 Å². The van der Waals surface area contributed by atoms with Crippen molar-refractivity contribution in [3.8, 4) is 0 Å². The summed E-state index contributed by atoms with van der Waals surface area (Å²) in [6.45, 7) is 4.00. The Hall–Kier alpha value is -2.13. The molecule has 0 radical (unpaired) electrons. The first-order chi connectivity index (χ1) is 9.58. The van der Waals surface area contributed by atoms with Gasteiger partial charge in [0.05, 0.1) is 6.04 Å². The van der Waals surface area contributed by atoms with Gasteiger partial charge in [0.2, 0.25) is 5.91 Å². The molecule has 0 saturated heterocycles. The van der Waals surface area contributed by atoms with Crippen molar-refractivity contribution in [2.45, 2.75) is 25.9 Å². The van der Waals surface area contributed by atoms with Crippen LogP contribution in [0, 0.1) is 6.92 Å². The monoisotopic (exact) mass is 268 g/mol. The molecule has 2 aromatic carbocycles. The molecule has 2 atom stereocenters. The second kappa shape index (κ2) is 6.35. The second-order valence-corrected chi connectivity index (χ2v) is 5.03. The molecule has 1 amide bonds. The van der Waals surface area contributed by atoms with E-state index in [9.17, 15) is 4.79 Å². The topological polar surface area (TPSA) is 55.1 Å². The molecule has 0 fully saturated rings. The Morgan fingerprint density at radius 1 is 1.05 bits per heavy atom. The number of rotatable bonds is 4.